The summed E-state index contributed by atoms with van der Waals surface area (Å²) in [5.41, 5.74) is 13.3. The molecule has 182 valence electrons. The fourth-order valence-corrected chi connectivity index (χ4v) is 5.37. The molecule has 1 saturated heterocycles. The van der Waals surface area contributed by atoms with Crippen molar-refractivity contribution in [3.8, 4) is 5.75 Å². The van der Waals surface area contributed by atoms with E-state index in [9.17, 15) is 9.90 Å². The predicted octanol–water partition coefficient (Wildman–Crippen LogP) is 2.93. The number of hydrogen-bond donors (Lipinski definition) is 4. The minimum Gasteiger partial charge on any atom is -0.491 e. The lowest BCUT2D eigenvalue weighted by Crippen LogP contribution is -2.45. The molecule has 1 aromatic carbocycles. The SMILES string of the molecule is CCCc1cc(N2CCC(NC[C@@H](O)COc3ccccc3)CC2)nc2sc(C(N)=O)c(N)c12. The summed E-state index contributed by atoms with van der Waals surface area (Å²) in [4.78, 5) is 20.1. The Kier molecular flexibility index (Phi) is 7.87. The quantitative estimate of drug-likeness (QED) is 0.349. The van der Waals surface area contributed by atoms with Gasteiger partial charge in [-0.25, -0.2) is 4.98 Å². The molecule has 4 rings (SSSR count). The first-order valence-electron chi connectivity index (χ1n) is 11.8. The van der Waals surface area contributed by atoms with Crippen molar-refractivity contribution in [2.24, 2.45) is 5.73 Å². The summed E-state index contributed by atoms with van der Waals surface area (Å²) in [6.07, 6.45) is 3.18. The Bertz CT molecular complexity index is 1110. The average molecular weight is 484 g/mol. The lowest BCUT2D eigenvalue weighted by molar-refractivity contribution is 0.100. The molecule has 1 atom stereocenters. The van der Waals surface area contributed by atoms with Gasteiger partial charge in [-0.2, -0.15) is 0 Å². The molecule has 2 aromatic heterocycles. The molecule has 0 unspecified atom stereocenters. The van der Waals surface area contributed by atoms with Crippen LogP contribution in [0.15, 0.2) is 36.4 Å². The van der Waals surface area contributed by atoms with Crippen LogP contribution in [0.25, 0.3) is 10.2 Å². The second-order valence-corrected chi connectivity index (χ2v) is 9.73. The number of piperidine rings is 1. The van der Waals surface area contributed by atoms with Crippen LogP contribution in [0.2, 0.25) is 0 Å². The number of hydrogen-bond acceptors (Lipinski definition) is 8. The van der Waals surface area contributed by atoms with E-state index in [2.05, 4.69) is 23.2 Å². The third-order valence-corrected chi connectivity index (χ3v) is 7.27. The number of nitrogen functional groups attached to an aromatic ring is 1. The number of rotatable bonds is 10. The monoisotopic (exact) mass is 483 g/mol. The van der Waals surface area contributed by atoms with Crippen LogP contribution >= 0.6 is 11.3 Å². The fourth-order valence-electron chi connectivity index (χ4n) is 4.38. The van der Waals surface area contributed by atoms with Gasteiger partial charge in [0.05, 0.1) is 5.69 Å². The zero-order chi connectivity index (χ0) is 24.1. The number of nitrogens with zero attached hydrogens (tertiary/aromatic N) is 2. The topological polar surface area (TPSA) is 127 Å². The maximum Gasteiger partial charge on any atom is 0.260 e. The summed E-state index contributed by atoms with van der Waals surface area (Å²) in [6.45, 7) is 4.60. The smallest absolute Gasteiger partial charge is 0.260 e. The van der Waals surface area contributed by atoms with Gasteiger partial charge in [0.15, 0.2) is 0 Å². The van der Waals surface area contributed by atoms with Crippen LogP contribution in [0.1, 0.15) is 41.4 Å². The molecule has 6 N–H and O–H groups in total. The number of primary amides is 1. The number of thiophene rings is 1. The van der Waals surface area contributed by atoms with E-state index in [4.69, 9.17) is 21.2 Å². The molecule has 8 nitrogen and oxygen atoms in total. The predicted molar refractivity (Wildman–Crippen MR) is 138 cm³/mol. The fraction of sp³-hybridized carbons (Fsp3) is 0.440. The van der Waals surface area contributed by atoms with Crippen LogP contribution in [-0.2, 0) is 6.42 Å². The number of amides is 1. The van der Waals surface area contributed by atoms with Gasteiger partial charge in [0.1, 0.15) is 34.0 Å². The molecule has 3 aromatic rings. The number of carbonyl (C=O) groups excluding carboxylic acids is 1. The van der Waals surface area contributed by atoms with Gasteiger partial charge < -0.3 is 31.5 Å². The number of carbonyl (C=O) groups is 1. The lowest BCUT2D eigenvalue weighted by Gasteiger charge is -2.34. The number of benzene rings is 1. The molecule has 1 aliphatic rings. The summed E-state index contributed by atoms with van der Waals surface area (Å²) >= 11 is 1.28. The molecule has 1 aliphatic heterocycles. The third kappa shape index (κ3) is 5.60. The van der Waals surface area contributed by atoms with Crippen molar-refractivity contribution in [3.63, 3.8) is 0 Å². The van der Waals surface area contributed by atoms with E-state index in [-0.39, 0.29) is 6.61 Å². The molecule has 0 saturated carbocycles. The molecule has 0 spiro atoms. The summed E-state index contributed by atoms with van der Waals surface area (Å²) in [7, 11) is 0. The molecule has 34 heavy (non-hydrogen) atoms. The van der Waals surface area contributed by atoms with E-state index in [1.54, 1.807) is 0 Å². The van der Waals surface area contributed by atoms with Gasteiger partial charge in [-0.3, -0.25) is 4.79 Å². The number of ether oxygens (including phenoxy) is 1. The van der Waals surface area contributed by atoms with Crippen molar-refractivity contribution in [1.82, 2.24) is 10.3 Å². The number of aliphatic hydroxyl groups excluding tert-OH is 1. The van der Waals surface area contributed by atoms with Gasteiger partial charge in [0.2, 0.25) is 0 Å². The van der Waals surface area contributed by atoms with Crippen molar-refractivity contribution >= 4 is 39.0 Å². The van der Waals surface area contributed by atoms with Crippen molar-refractivity contribution in [2.75, 3.05) is 36.9 Å². The largest absolute Gasteiger partial charge is 0.491 e. The molecule has 1 amide bonds. The number of nitrogens with two attached hydrogens (primary N) is 2. The van der Waals surface area contributed by atoms with E-state index >= 15 is 0 Å². The Hall–Kier alpha value is -2.88. The maximum atomic E-state index is 11.8. The van der Waals surface area contributed by atoms with E-state index in [1.807, 2.05) is 30.3 Å². The summed E-state index contributed by atoms with van der Waals surface area (Å²) in [5.74, 6) is 1.17. The Labute approximate surface area is 203 Å². The van der Waals surface area contributed by atoms with Crippen LogP contribution in [0.5, 0.6) is 5.75 Å². The molecule has 0 bridgehead atoms. The van der Waals surface area contributed by atoms with Crippen LogP contribution in [-0.4, -0.2) is 54.4 Å². The van der Waals surface area contributed by atoms with E-state index in [1.165, 1.54) is 11.3 Å². The van der Waals surface area contributed by atoms with Crippen molar-refractivity contribution in [3.05, 3.63) is 46.8 Å². The van der Waals surface area contributed by atoms with Crippen LogP contribution in [0, 0.1) is 0 Å². The van der Waals surface area contributed by atoms with Crippen molar-refractivity contribution in [2.45, 2.75) is 44.8 Å². The highest BCUT2D eigenvalue weighted by Gasteiger charge is 2.24. The molecular weight excluding hydrogens is 450 g/mol. The molecular formula is C25H33N5O3S. The minimum absolute atomic E-state index is 0.261. The first-order valence-corrected chi connectivity index (χ1v) is 12.6. The van der Waals surface area contributed by atoms with Gasteiger partial charge in [0, 0.05) is 31.1 Å². The summed E-state index contributed by atoms with van der Waals surface area (Å²) in [5, 5.41) is 14.6. The highest BCUT2D eigenvalue weighted by molar-refractivity contribution is 7.21. The number of aromatic nitrogens is 1. The number of aliphatic hydroxyl groups is 1. The zero-order valence-corrected chi connectivity index (χ0v) is 20.3. The van der Waals surface area contributed by atoms with Gasteiger partial charge in [-0.05, 0) is 43.0 Å². The molecule has 3 heterocycles. The Morgan fingerprint density at radius 2 is 2.06 bits per heavy atom. The van der Waals surface area contributed by atoms with Crippen LogP contribution < -0.4 is 26.4 Å². The van der Waals surface area contributed by atoms with E-state index in [0.29, 0.717) is 23.2 Å². The third-order valence-electron chi connectivity index (χ3n) is 6.16. The summed E-state index contributed by atoms with van der Waals surface area (Å²) < 4.78 is 5.63. The van der Waals surface area contributed by atoms with Gasteiger partial charge >= 0.3 is 0 Å². The zero-order valence-electron chi connectivity index (χ0n) is 19.5. The Morgan fingerprint density at radius 1 is 1.32 bits per heavy atom. The molecule has 0 aliphatic carbocycles. The molecule has 1 fully saturated rings. The highest BCUT2D eigenvalue weighted by Crippen LogP contribution is 2.37. The highest BCUT2D eigenvalue weighted by atomic mass is 32.1. The number of pyridine rings is 1. The van der Waals surface area contributed by atoms with E-state index < -0.39 is 12.0 Å². The lowest BCUT2D eigenvalue weighted by atomic mass is 10.0. The van der Waals surface area contributed by atoms with Gasteiger partial charge in [0.25, 0.3) is 5.91 Å². The number of aryl methyl sites for hydroxylation is 1. The number of anilines is 2. The number of nitrogens with one attached hydrogen (secondary N) is 1. The standard InChI is InChI=1S/C25H33N5O3S/c1-2-6-16-13-20(29-25-21(16)22(26)23(34-25)24(27)32)30-11-9-17(10-12-30)28-14-18(31)15-33-19-7-4-3-5-8-19/h3-5,7-8,13,17-18,28,31H,2,6,9-12,14-15,26H2,1H3,(H2,27,32)/t18-/m1/s1. The van der Waals surface area contributed by atoms with Gasteiger partial charge in [-0.15, -0.1) is 11.3 Å². The molecule has 9 heteroatoms. The summed E-state index contributed by atoms with van der Waals surface area (Å²) in [6, 6.07) is 12.0. The van der Waals surface area contributed by atoms with Crippen LogP contribution in [0.3, 0.4) is 0 Å². The Morgan fingerprint density at radius 3 is 2.74 bits per heavy atom. The minimum atomic E-state index is -0.567. The average Bonchev–Trinajstić information content (AvgIpc) is 3.19. The van der Waals surface area contributed by atoms with Crippen molar-refractivity contribution < 1.29 is 14.6 Å². The first-order chi connectivity index (χ1) is 16.5. The normalized spacial score (nSPS) is 15.5. The second kappa shape index (κ2) is 11.0. The van der Waals surface area contributed by atoms with Crippen molar-refractivity contribution in [1.29, 1.82) is 0 Å². The Balaban J connectivity index is 1.34. The number of fused-ring (bicyclic) bond motifs is 1. The number of para-hydroxylation sites is 1. The first kappa shape index (κ1) is 24.3. The van der Waals surface area contributed by atoms with Gasteiger partial charge in [-0.1, -0.05) is 31.5 Å². The van der Waals surface area contributed by atoms with Crippen LogP contribution in [0.4, 0.5) is 11.5 Å². The maximum absolute atomic E-state index is 11.8. The van der Waals surface area contributed by atoms with E-state index in [0.717, 1.165) is 66.1 Å². The molecule has 0 radical (unpaired) electrons. The second-order valence-electron chi connectivity index (χ2n) is 8.73.